The lowest BCUT2D eigenvalue weighted by Gasteiger charge is -2.16. The third kappa shape index (κ3) is 5.45. The van der Waals surface area contributed by atoms with Crippen LogP contribution in [-0.2, 0) is 15.8 Å². The molecule has 160 valence electrons. The molecule has 0 aliphatic heterocycles. The second-order valence-corrected chi connectivity index (χ2v) is 10.3. The normalized spacial score (nSPS) is 11.5. The average molecular weight is 465 g/mol. The number of aromatic nitrogens is 1. The van der Waals surface area contributed by atoms with Crippen LogP contribution in [0.15, 0.2) is 43.0 Å². The summed E-state index contributed by atoms with van der Waals surface area (Å²) >= 11 is 2.96. The first-order valence-electron chi connectivity index (χ1n) is 9.49. The second kappa shape index (κ2) is 9.69. The van der Waals surface area contributed by atoms with Gasteiger partial charge in [0, 0.05) is 25.3 Å². The molecule has 0 saturated heterocycles. The predicted molar refractivity (Wildman–Crippen MR) is 126 cm³/mol. The SMILES string of the molecule is C=CCNS(=O)(=O)Cc1ccc(NC(=O)c2cc3sc(N(CC)CC)nc3s2)cc1. The van der Waals surface area contributed by atoms with Gasteiger partial charge in [0.05, 0.1) is 15.3 Å². The van der Waals surface area contributed by atoms with E-state index in [1.165, 1.54) is 17.4 Å². The number of fused-ring (bicyclic) bond motifs is 1. The summed E-state index contributed by atoms with van der Waals surface area (Å²) in [7, 11) is -3.41. The van der Waals surface area contributed by atoms with Gasteiger partial charge in [-0.2, -0.15) is 0 Å². The Morgan fingerprint density at radius 3 is 2.50 bits per heavy atom. The third-order valence-electron chi connectivity index (χ3n) is 4.35. The highest BCUT2D eigenvalue weighted by molar-refractivity contribution is 7.88. The summed E-state index contributed by atoms with van der Waals surface area (Å²) in [5.74, 6) is -0.334. The number of thiazole rings is 1. The lowest BCUT2D eigenvalue weighted by Crippen LogP contribution is -2.25. The summed E-state index contributed by atoms with van der Waals surface area (Å²) < 4.78 is 27.3. The molecule has 30 heavy (non-hydrogen) atoms. The molecule has 0 spiro atoms. The van der Waals surface area contributed by atoms with E-state index in [1.807, 2.05) is 6.07 Å². The van der Waals surface area contributed by atoms with Crippen molar-refractivity contribution in [1.29, 1.82) is 0 Å². The van der Waals surface area contributed by atoms with Crippen molar-refractivity contribution in [1.82, 2.24) is 9.71 Å². The van der Waals surface area contributed by atoms with Crippen molar-refractivity contribution >= 4 is 59.0 Å². The van der Waals surface area contributed by atoms with Gasteiger partial charge in [-0.3, -0.25) is 4.79 Å². The molecule has 2 N–H and O–H groups in total. The fourth-order valence-electron chi connectivity index (χ4n) is 2.80. The first-order chi connectivity index (χ1) is 14.3. The van der Waals surface area contributed by atoms with Crippen LogP contribution in [0.25, 0.3) is 9.53 Å². The first-order valence-corrected chi connectivity index (χ1v) is 12.8. The number of sulfonamides is 1. The van der Waals surface area contributed by atoms with E-state index in [0.717, 1.165) is 27.8 Å². The van der Waals surface area contributed by atoms with E-state index in [9.17, 15) is 13.2 Å². The number of amides is 1. The van der Waals surface area contributed by atoms with Gasteiger partial charge in [-0.15, -0.1) is 17.9 Å². The molecule has 2 aromatic heterocycles. The van der Waals surface area contributed by atoms with Crippen LogP contribution in [0.1, 0.15) is 29.1 Å². The predicted octanol–water partition coefficient (Wildman–Crippen LogP) is 4.06. The highest BCUT2D eigenvalue weighted by Crippen LogP contribution is 2.34. The summed E-state index contributed by atoms with van der Waals surface area (Å²) in [6, 6.07) is 8.64. The van der Waals surface area contributed by atoms with E-state index >= 15 is 0 Å². The van der Waals surface area contributed by atoms with Gasteiger partial charge in [0.15, 0.2) is 5.13 Å². The monoisotopic (exact) mass is 464 g/mol. The number of nitrogens with one attached hydrogen (secondary N) is 2. The molecule has 3 rings (SSSR count). The maximum atomic E-state index is 12.6. The van der Waals surface area contributed by atoms with E-state index in [-0.39, 0.29) is 18.2 Å². The number of carbonyl (C=O) groups excluding carboxylic acids is 1. The molecule has 0 aliphatic rings. The molecule has 0 saturated carbocycles. The molecule has 0 aliphatic carbocycles. The minimum atomic E-state index is -3.41. The number of hydrogen-bond acceptors (Lipinski definition) is 7. The number of hydrogen-bond donors (Lipinski definition) is 2. The van der Waals surface area contributed by atoms with Gasteiger partial charge in [-0.05, 0) is 37.6 Å². The van der Waals surface area contributed by atoms with Gasteiger partial charge in [-0.1, -0.05) is 29.5 Å². The van der Waals surface area contributed by atoms with E-state index in [4.69, 9.17) is 0 Å². The Morgan fingerprint density at radius 1 is 1.20 bits per heavy atom. The van der Waals surface area contributed by atoms with Crippen LogP contribution >= 0.6 is 22.7 Å². The molecule has 0 bridgehead atoms. The van der Waals surface area contributed by atoms with Crippen molar-refractivity contribution in [3.63, 3.8) is 0 Å². The van der Waals surface area contributed by atoms with Gasteiger partial charge in [0.2, 0.25) is 10.0 Å². The van der Waals surface area contributed by atoms with Crippen molar-refractivity contribution in [2.75, 3.05) is 29.9 Å². The molecule has 0 radical (unpaired) electrons. The third-order valence-corrected chi connectivity index (χ3v) is 7.89. The van der Waals surface area contributed by atoms with Crippen molar-refractivity contribution in [2.24, 2.45) is 0 Å². The first kappa shape index (κ1) is 22.4. The van der Waals surface area contributed by atoms with Crippen molar-refractivity contribution in [2.45, 2.75) is 19.6 Å². The molecule has 0 fully saturated rings. The minimum Gasteiger partial charge on any atom is -0.349 e. The molecular formula is C20H24N4O3S3. The Morgan fingerprint density at radius 2 is 1.90 bits per heavy atom. The smallest absolute Gasteiger partial charge is 0.265 e. The minimum absolute atomic E-state index is 0.128. The molecule has 3 aromatic rings. The highest BCUT2D eigenvalue weighted by Gasteiger charge is 2.16. The van der Waals surface area contributed by atoms with Gasteiger partial charge in [0.1, 0.15) is 4.83 Å². The van der Waals surface area contributed by atoms with Crippen molar-refractivity contribution in [3.8, 4) is 0 Å². The highest BCUT2D eigenvalue weighted by atomic mass is 32.2. The zero-order valence-corrected chi connectivity index (χ0v) is 19.3. The van der Waals surface area contributed by atoms with Crippen molar-refractivity contribution < 1.29 is 13.2 Å². The summed E-state index contributed by atoms with van der Waals surface area (Å²) in [6.07, 6.45) is 1.49. The fraction of sp³-hybridized carbons (Fsp3) is 0.300. The standard InChI is InChI=1S/C20H24N4O3S3/c1-4-11-21-30(26,27)13-14-7-9-15(10-8-14)22-18(25)16-12-17-19(28-16)23-20(29-17)24(5-2)6-3/h4,7-10,12,21H,1,5-6,11,13H2,2-3H3,(H,22,25). The number of anilines is 2. The molecule has 7 nitrogen and oxygen atoms in total. The van der Waals surface area contributed by atoms with E-state index in [2.05, 4.69) is 40.3 Å². The number of nitrogens with zero attached hydrogens (tertiary/aromatic N) is 2. The van der Waals surface area contributed by atoms with E-state index < -0.39 is 10.0 Å². The molecule has 10 heteroatoms. The van der Waals surface area contributed by atoms with Gasteiger partial charge in [0.25, 0.3) is 5.91 Å². The Labute approximate surface area is 184 Å². The molecular weight excluding hydrogens is 440 g/mol. The summed E-state index contributed by atoms with van der Waals surface area (Å²) in [4.78, 5) is 20.9. The van der Waals surface area contributed by atoms with Gasteiger partial charge >= 0.3 is 0 Å². The maximum absolute atomic E-state index is 12.6. The molecule has 0 atom stereocenters. The van der Waals surface area contributed by atoms with Crippen LogP contribution in [-0.4, -0.2) is 38.9 Å². The largest absolute Gasteiger partial charge is 0.349 e. The second-order valence-electron chi connectivity index (χ2n) is 6.50. The van der Waals surface area contributed by atoms with Crippen LogP contribution in [0.4, 0.5) is 10.8 Å². The Hall–Kier alpha value is -2.27. The van der Waals surface area contributed by atoms with Crippen LogP contribution < -0.4 is 14.9 Å². The number of carbonyl (C=O) groups is 1. The zero-order chi connectivity index (χ0) is 21.7. The number of thiophene rings is 1. The maximum Gasteiger partial charge on any atom is 0.265 e. The summed E-state index contributed by atoms with van der Waals surface area (Å²) in [6.45, 7) is 9.67. The lowest BCUT2D eigenvalue weighted by atomic mass is 10.2. The van der Waals surface area contributed by atoms with Crippen molar-refractivity contribution in [3.05, 3.63) is 53.4 Å². The molecule has 2 heterocycles. The van der Waals surface area contributed by atoms with Gasteiger partial charge < -0.3 is 10.2 Å². The van der Waals surface area contributed by atoms with E-state index in [0.29, 0.717) is 16.1 Å². The molecule has 1 aromatic carbocycles. The fourth-order valence-corrected chi connectivity index (χ4v) is 6.14. The van der Waals surface area contributed by atoms with Crippen LogP contribution in [0.2, 0.25) is 0 Å². The van der Waals surface area contributed by atoms with Crippen LogP contribution in [0, 0.1) is 0 Å². The Bertz CT molecular complexity index is 1100. The molecule has 1 amide bonds. The zero-order valence-electron chi connectivity index (χ0n) is 16.8. The van der Waals surface area contributed by atoms with E-state index in [1.54, 1.807) is 35.6 Å². The average Bonchev–Trinajstić information content (AvgIpc) is 3.28. The topological polar surface area (TPSA) is 91.4 Å². The summed E-state index contributed by atoms with van der Waals surface area (Å²) in [5, 5.41) is 3.83. The lowest BCUT2D eigenvalue weighted by molar-refractivity contribution is 0.103. The van der Waals surface area contributed by atoms with Crippen LogP contribution in [0.3, 0.4) is 0 Å². The Balaban J connectivity index is 1.65. The van der Waals surface area contributed by atoms with Gasteiger partial charge in [-0.25, -0.2) is 18.1 Å². The summed E-state index contributed by atoms with van der Waals surface area (Å²) in [5.41, 5.74) is 1.24. The van der Waals surface area contributed by atoms with Crippen LogP contribution in [0.5, 0.6) is 0 Å². The quantitative estimate of drug-likeness (QED) is 0.442. The molecule has 0 unspecified atom stereocenters. The Kier molecular flexibility index (Phi) is 7.24. The number of benzene rings is 1. The number of rotatable bonds is 10.